The number of aromatic nitrogens is 2. The van der Waals surface area contributed by atoms with E-state index in [-0.39, 0.29) is 11.7 Å². The number of H-pyrrole nitrogens is 1. The van der Waals surface area contributed by atoms with Crippen LogP contribution < -0.4 is 10.6 Å². The minimum Gasteiger partial charge on any atom is -0.453 e. The number of aromatic amines is 1. The van der Waals surface area contributed by atoms with Gasteiger partial charge >= 0.3 is 6.09 Å². The quantitative estimate of drug-likeness (QED) is 0.173. The third-order valence-corrected chi connectivity index (χ3v) is 6.93. The van der Waals surface area contributed by atoms with E-state index in [2.05, 4.69) is 30.3 Å². The molecule has 1 aliphatic rings. The Morgan fingerprint density at radius 1 is 0.955 bits per heavy atom. The smallest absolute Gasteiger partial charge is 0.413 e. The van der Waals surface area contributed by atoms with E-state index in [0.717, 1.165) is 0 Å². The zero-order valence-corrected chi connectivity index (χ0v) is 24.3. The number of halogens is 3. The lowest BCUT2D eigenvalue weighted by atomic mass is 10.0. The van der Waals surface area contributed by atoms with Gasteiger partial charge in [0.05, 0.1) is 29.5 Å². The molecule has 4 N–H and O–H groups in total. The van der Waals surface area contributed by atoms with Crippen molar-refractivity contribution in [2.45, 2.75) is 6.23 Å². The van der Waals surface area contributed by atoms with Crippen LogP contribution in [0.25, 0.3) is 11.0 Å². The molecule has 0 fully saturated rings. The van der Waals surface area contributed by atoms with Gasteiger partial charge in [-0.2, -0.15) is 0 Å². The topological polar surface area (TPSA) is 146 Å². The number of nitrogens with zero attached hydrogens (tertiary/aromatic N) is 2. The molecule has 10 nitrogen and oxygen atoms in total. The SMILES string of the molecule is COC(=O)Nc1nc2cc(C(=O)c3ccc(F)cc3)ccc2[nH]1.O=C1Nc2ccc(Cl)cc2C(c2ccccc2Cl)=NC1O. The number of hydrogen-bond acceptors (Lipinski definition) is 7. The molecule has 5 aromatic rings. The summed E-state index contributed by atoms with van der Waals surface area (Å²) < 4.78 is 17.4. The Balaban J connectivity index is 0.000000175. The Labute approximate surface area is 259 Å². The van der Waals surface area contributed by atoms with E-state index < -0.39 is 24.0 Å². The minimum atomic E-state index is -1.50. The molecule has 44 heavy (non-hydrogen) atoms. The molecule has 0 radical (unpaired) electrons. The van der Waals surface area contributed by atoms with E-state index in [1.165, 1.54) is 31.4 Å². The Morgan fingerprint density at radius 2 is 1.68 bits per heavy atom. The molecule has 1 aromatic heterocycles. The molecular formula is C31H22Cl2FN5O5. The van der Waals surface area contributed by atoms with Crippen molar-refractivity contribution in [3.05, 3.63) is 123 Å². The van der Waals surface area contributed by atoms with Crippen molar-refractivity contribution in [1.82, 2.24) is 9.97 Å². The molecule has 0 bridgehead atoms. The summed E-state index contributed by atoms with van der Waals surface area (Å²) in [7, 11) is 1.25. The Hall–Kier alpha value is -5.10. The maximum atomic E-state index is 12.9. The highest BCUT2D eigenvalue weighted by atomic mass is 35.5. The predicted molar refractivity (Wildman–Crippen MR) is 165 cm³/mol. The molecule has 6 rings (SSSR count). The third kappa shape index (κ3) is 6.76. The van der Waals surface area contributed by atoms with Crippen LogP contribution in [-0.4, -0.2) is 51.9 Å². The van der Waals surface area contributed by atoms with Crippen molar-refractivity contribution in [1.29, 1.82) is 0 Å². The molecule has 1 atom stereocenters. The van der Waals surface area contributed by atoms with Crippen molar-refractivity contribution in [3.63, 3.8) is 0 Å². The van der Waals surface area contributed by atoms with Gasteiger partial charge in [-0.15, -0.1) is 0 Å². The van der Waals surface area contributed by atoms with E-state index in [0.29, 0.717) is 54.7 Å². The van der Waals surface area contributed by atoms with Gasteiger partial charge in [0.1, 0.15) is 5.82 Å². The summed E-state index contributed by atoms with van der Waals surface area (Å²) in [6.07, 6.45) is -2.14. The van der Waals surface area contributed by atoms with Crippen LogP contribution in [0.2, 0.25) is 10.0 Å². The molecule has 1 unspecified atom stereocenters. The first-order valence-corrected chi connectivity index (χ1v) is 13.6. The van der Waals surface area contributed by atoms with Crippen LogP contribution in [0.3, 0.4) is 0 Å². The summed E-state index contributed by atoms with van der Waals surface area (Å²) in [5, 5.41) is 15.8. The van der Waals surface area contributed by atoms with Crippen LogP contribution >= 0.6 is 23.2 Å². The first-order chi connectivity index (χ1) is 21.1. The van der Waals surface area contributed by atoms with Gasteiger partial charge in [0.2, 0.25) is 12.2 Å². The van der Waals surface area contributed by atoms with Crippen LogP contribution in [-0.2, 0) is 9.53 Å². The first-order valence-electron chi connectivity index (χ1n) is 12.9. The first kappa shape index (κ1) is 30.4. The van der Waals surface area contributed by atoms with Gasteiger partial charge in [0.15, 0.2) is 5.78 Å². The molecule has 0 saturated carbocycles. The zero-order chi connectivity index (χ0) is 31.4. The number of benzodiazepines with no additional fused rings is 1. The monoisotopic (exact) mass is 633 g/mol. The number of aliphatic hydroxyl groups excluding tert-OH is 1. The maximum absolute atomic E-state index is 12.9. The number of benzene rings is 4. The van der Waals surface area contributed by atoms with Crippen molar-refractivity contribution in [3.8, 4) is 0 Å². The molecule has 4 aromatic carbocycles. The number of aliphatic hydroxyl groups is 1. The highest BCUT2D eigenvalue weighted by Crippen LogP contribution is 2.29. The van der Waals surface area contributed by atoms with Crippen molar-refractivity contribution >= 4 is 69.4 Å². The van der Waals surface area contributed by atoms with Crippen molar-refractivity contribution in [2.75, 3.05) is 17.7 Å². The number of ketones is 1. The van der Waals surface area contributed by atoms with Crippen LogP contribution in [0.4, 0.5) is 20.8 Å². The zero-order valence-electron chi connectivity index (χ0n) is 22.8. The fourth-order valence-electron chi connectivity index (χ4n) is 4.26. The fourth-order valence-corrected chi connectivity index (χ4v) is 4.66. The number of methoxy groups -OCH3 is 1. The van der Waals surface area contributed by atoms with Gasteiger partial charge in [0.25, 0.3) is 5.91 Å². The van der Waals surface area contributed by atoms with Gasteiger partial charge in [-0.1, -0.05) is 41.4 Å². The highest BCUT2D eigenvalue weighted by Gasteiger charge is 2.25. The summed E-state index contributed by atoms with van der Waals surface area (Å²) in [5.41, 5.74) is 4.16. The molecular weight excluding hydrogens is 612 g/mol. The molecule has 13 heteroatoms. The highest BCUT2D eigenvalue weighted by molar-refractivity contribution is 6.37. The molecule has 0 saturated heterocycles. The molecule has 0 spiro atoms. The number of imidazole rings is 1. The predicted octanol–water partition coefficient (Wildman–Crippen LogP) is 6.21. The number of nitrogens with one attached hydrogen (secondary N) is 3. The van der Waals surface area contributed by atoms with E-state index in [1.807, 2.05) is 0 Å². The number of amides is 2. The second-order valence-corrected chi connectivity index (χ2v) is 10.1. The average molecular weight is 634 g/mol. The van der Waals surface area contributed by atoms with Crippen LogP contribution in [0.15, 0.2) is 89.9 Å². The molecule has 1 aliphatic heterocycles. The van der Waals surface area contributed by atoms with Gasteiger partial charge < -0.3 is 20.1 Å². The second kappa shape index (κ2) is 13.0. The fraction of sp³-hybridized carbons (Fsp3) is 0.0645. The Bertz CT molecular complexity index is 1930. The number of aliphatic imine (C=N–C) groups is 1. The summed E-state index contributed by atoms with van der Waals surface area (Å²) >= 11 is 12.2. The molecule has 222 valence electrons. The van der Waals surface area contributed by atoms with E-state index in [4.69, 9.17) is 23.2 Å². The number of hydrogen-bond donors (Lipinski definition) is 4. The maximum Gasteiger partial charge on any atom is 0.413 e. The molecule has 2 heterocycles. The van der Waals surface area contributed by atoms with Gasteiger partial charge in [0, 0.05) is 32.3 Å². The number of rotatable bonds is 4. The molecule has 2 amide bonds. The lowest BCUT2D eigenvalue weighted by Gasteiger charge is -2.11. The summed E-state index contributed by atoms with van der Waals surface area (Å²) in [4.78, 5) is 46.5. The molecule has 0 aliphatic carbocycles. The van der Waals surface area contributed by atoms with Crippen LogP contribution in [0.1, 0.15) is 27.0 Å². The van der Waals surface area contributed by atoms with Crippen LogP contribution in [0.5, 0.6) is 0 Å². The normalized spacial score (nSPS) is 13.9. The Morgan fingerprint density at radius 3 is 2.41 bits per heavy atom. The summed E-state index contributed by atoms with van der Waals surface area (Å²) in [6.45, 7) is 0. The largest absolute Gasteiger partial charge is 0.453 e. The van der Waals surface area contributed by atoms with Crippen molar-refractivity contribution < 1.29 is 28.6 Å². The van der Waals surface area contributed by atoms with Gasteiger partial charge in [-0.25, -0.2) is 19.2 Å². The van der Waals surface area contributed by atoms with E-state index >= 15 is 0 Å². The summed E-state index contributed by atoms with van der Waals surface area (Å²) in [5.74, 6) is -1.01. The number of anilines is 2. The Kier molecular flexibility index (Phi) is 9.00. The van der Waals surface area contributed by atoms with Gasteiger partial charge in [-0.05, 0) is 66.7 Å². The average Bonchev–Trinajstić information content (AvgIpc) is 3.37. The minimum absolute atomic E-state index is 0.221. The van der Waals surface area contributed by atoms with E-state index in [1.54, 1.807) is 60.7 Å². The number of fused-ring (bicyclic) bond motifs is 2. The summed E-state index contributed by atoms with van der Waals surface area (Å²) in [6, 6.07) is 22.3. The lowest BCUT2D eigenvalue weighted by molar-refractivity contribution is -0.123. The van der Waals surface area contributed by atoms with Crippen LogP contribution in [0, 0.1) is 5.82 Å². The van der Waals surface area contributed by atoms with Crippen molar-refractivity contribution in [2.24, 2.45) is 4.99 Å². The number of carbonyl (C=O) groups is 3. The van der Waals surface area contributed by atoms with E-state index in [9.17, 15) is 23.9 Å². The second-order valence-electron chi connectivity index (χ2n) is 9.28. The van der Waals surface area contributed by atoms with Gasteiger partial charge in [-0.3, -0.25) is 14.9 Å². The number of ether oxygens (including phenoxy) is 1. The number of carbonyl (C=O) groups excluding carboxylic acids is 3. The third-order valence-electron chi connectivity index (χ3n) is 6.37. The lowest BCUT2D eigenvalue weighted by Crippen LogP contribution is -2.24. The standard InChI is InChI=1S/C16H12FN3O3.C15H10Cl2N2O2/c1-23-16(22)20-15-18-12-7-4-10(8-13(12)19-15)14(21)9-2-5-11(17)6-3-9;16-8-5-6-12-10(7-8)13(19-15(21)14(20)18-12)9-3-1-2-4-11(9)17/h2-8H,1H3,(H2,18,19,20,22);1-7,15,21H,(H,18,20).